The van der Waals surface area contributed by atoms with Crippen molar-refractivity contribution in [1.82, 2.24) is 5.32 Å². The van der Waals surface area contributed by atoms with Gasteiger partial charge in [-0.15, -0.1) is 0 Å². The maximum Gasteiger partial charge on any atom is 0.327 e. The second-order valence-corrected chi connectivity index (χ2v) is 12.6. The zero-order chi connectivity index (χ0) is 28.8. The Morgan fingerprint density at radius 3 is 2.54 bits per heavy atom. The van der Waals surface area contributed by atoms with E-state index in [9.17, 15) is 34.2 Å². The SMILES string of the molecule is C[C@]12CCC(=O)C=C1CC[C@H]1[C@H]2[C@@H](O)C[C@@]2(C)[C@@H]1CC[C@]2(O)C(=O)COC(=O)CCC(=O)N[C@H](CS)C(=O)O. The largest absolute Gasteiger partial charge is 0.480 e. The molecule has 8 atom stereocenters. The van der Waals surface area contributed by atoms with Crippen molar-refractivity contribution in [1.29, 1.82) is 0 Å². The summed E-state index contributed by atoms with van der Waals surface area (Å²) in [5.41, 5.74) is -1.82. The maximum atomic E-state index is 13.3. The van der Waals surface area contributed by atoms with Crippen LogP contribution in [0.5, 0.6) is 0 Å². The van der Waals surface area contributed by atoms with E-state index < -0.39 is 53.4 Å². The van der Waals surface area contributed by atoms with E-state index in [0.717, 1.165) is 18.4 Å². The zero-order valence-corrected chi connectivity index (χ0v) is 23.4. The summed E-state index contributed by atoms with van der Waals surface area (Å²) in [7, 11) is 0. The lowest BCUT2D eigenvalue weighted by Crippen LogP contribution is -2.62. The van der Waals surface area contributed by atoms with Gasteiger partial charge in [-0.3, -0.25) is 19.2 Å². The van der Waals surface area contributed by atoms with E-state index in [1.807, 2.05) is 6.92 Å². The molecule has 11 heteroatoms. The Morgan fingerprint density at radius 2 is 1.87 bits per heavy atom. The Balaban J connectivity index is 1.39. The summed E-state index contributed by atoms with van der Waals surface area (Å²) in [6, 6.07) is -1.18. The molecule has 4 rings (SSSR count). The second-order valence-electron chi connectivity index (χ2n) is 12.2. The number of rotatable bonds is 9. The third-order valence-corrected chi connectivity index (χ3v) is 10.6. The second kappa shape index (κ2) is 11.0. The van der Waals surface area contributed by atoms with Crippen LogP contribution in [0.25, 0.3) is 0 Å². The van der Waals surface area contributed by atoms with Gasteiger partial charge in [-0.1, -0.05) is 19.4 Å². The molecule has 39 heavy (non-hydrogen) atoms. The number of Topliss-reactive ketones (excluding diaryl/α,β-unsaturated/α-hetero) is 1. The number of nitrogens with one attached hydrogen (secondary N) is 1. The molecular weight excluding hydrogens is 526 g/mol. The number of carbonyl (C=O) groups is 5. The zero-order valence-electron chi connectivity index (χ0n) is 22.5. The highest BCUT2D eigenvalue weighted by Gasteiger charge is 2.68. The van der Waals surface area contributed by atoms with Crippen molar-refractivity contribution in [2.24, 2.45) is 28.6 Å². The minimum atomic E-state index is -1.76. The smallest absolute Gasteiger partial charge is 0.327 e. The molecule has 0 aromatic rings. The van der Waals surface area contributed by atoms with Crippen LogP contribution in [0.15, 0.2) is 11.6 Å². The number of hydrogen-bond acceptors (Lipinski definition) is 9. The van der Waals surface area contributed by atoms with Crippen molar-refractivity contribution in [3.8, 4) is 0 Å². The van der Waals surface area contributed by atoms with Crippen molar-refractivity contribution in [3.05, 3.63) is 11.6 Å². The standard InChI is InChI=1S/C28H39NO9S/c1-26-9-7-16(30)11-15(26)3-4-17-18-8-10-28(37,27(18,2)12-20(31)24(17)26)21(32)13-38-23(34)6-5-22(33)29-19(14-39)25(35)36/h11,17-20,24,31,37,39H,3-10,12-14H2,1-2H3,(H,29,33)(H,35,36)/t17-,18-,19-,20+,24+,26+,27+,28+/m1/s1. The topological polar surface area (TPSA) is 167 Å². The van der Waals surface area contributed by atoms with Crippen LogP contribution in [0.1, 0.15) is 71.6 Å². The fourth-order valence-corrected chi connectivity index (χ4v) is 8.40. The third-order valence-electron chi connectivity index (χ3n) is 10.2. The van der Waals surface area contributed by atoms with Gasteiger partial charge in [0, 0.05) is 24.0 Å². The Hall–Kier alpha value is -2.24. The summed E-state index contributed by atoms with van der Waals surface area (Å²) >= 11 is 3.86. The van der Waals surface area contributed by atoms with Crippen molar-refractivity contribution in [2.45, 2.75) is 89.4 Å². The minimum Gasteiger partial charge on any atom is -0.480 e. The van der Waals surface area contributed by atoms with Crippen LogP contribution < -0.4 is 5.32 Å². The van der Waals surface area contributed by atoms with E-state index in [1.54, 1.807) is 6.08 Å². The van der Waals surface area contributed by atoms with Crippen LogP contribution in [0.3, 0.4) is 0 Å². The number of aliphatic carboxylic acids is 1. The number of carboxylic acids is 1. The number of amides is 1. The molecule has 216 valence electrons. The molecule has 4 aliphatic carbocycles. The number of carboxylic acid groups (broad SMARTS) is 1. The molecule has 0 spiro atoms. The Labute approximate surface area is 233 Å². The van der Waals surface area contributed by atoms with Gasteiger partial charge in [0.05, 0.1) is 12.5 Å². The molecule has 0 aromatic carbocycles. The number of esters is 1. The maximum absolute atomic E-state index is 13.3. The summed E-state index contributed by atoms with van der Waals surface area (Å²) in [4.78, 5) is 60.5. The first-order valence-electron chi connectivity index (χ1n) is 13.7. The van der Waals surface area contributed by atoms with Crippen LogP contribution in [0, 0.1) is 28.6 Å². The summed E-state index contributed by atoms with van der Waals surface area (Å²) in [5, 5.41) is 34.4. The van der Waals surface area contributed by atoms with Gasteiger partial charge >= 0.3 is 11.9 Å². The highest BCUT2D eigenvalue weighted by molar-refractivity contribution is 7.80. The Morgan fingerprint density at radius 1 is 1.15 bits per heavy atom. The molecule has 0 bridgehead atoms. The van der Waals surface area contributed by atoms with Crippen LogP contribution in [-0.2, 0) is 28.7 Å². The molecule has 3 fully saturated rings. The fraction of sp³-hybridized carbons (Fsp3) is 0.750. The minimum absolute atomic E-state index is 0.00395. The quantitative estimate of drug-likeness (QED) is 0.206. The molecule has 0 radical (unpaired) electrons. The molecule has 10 nitrogen and oxygen atoms in total. The number of carbonyl (C=O) groups excluding carboxylic acids is 4. The fourth-order valence-electron chi connectivity index (χ4n) is 8.16. The van der Waals surface area contributed by atoms with Crippen molar-refractivity contribution < 1.29 is 44.0 Å². The van der Waals surface area contributed by atoms with Crippen LogP contribution in [0.4, 0.5) is 0 Å². The number of ether oxygens (including phenoxy) is 1. The van der Waals surface area contributed by atoms with E-state index in [4.69, 9.17) is 9.84 Å². The van der Waals surface area contributed by atoms with Crippen LogP contribution in [-0.4, -0.2) is 74.8 Å². The highest BCUT2D eigenvalue weighted by atomic mass is 32.1. The molecular formula is C28H39NO9S. The summed E-state index contributed by atoms with van der Waals surface area (Å²) < 4.78 is 5.10. The molecule has 0 saturated heterocycles. The molecule has 1 amide bonds. The molecule has 0 unspecified atom stereocenters. The first-order chi connectivity index (χ1) is 18.3. The van der Waals surface area contributed by atoms with Gasteiger partial charge in [0.15, 0.2) is 12.4 Å². The van der Waals surface area contributed by atoms with Gasteiger partial charge < -0.3 is 25.4 Å². The average Bonchev–Trinajstić information content (AvgIpc) is 3.15. The van der Waals surface area contributed by atoms with Gasteiger partial charge in [-0.05, 0) is 67.8 Å². The summed E-state index contributed by atoms with van der Waals surface area (Å²) in [6.45, 7) is 3.34. The summed E-state index contributed by atoms with van der Waals surface area (Å²) in [5.74, 6) is -3.24. The predicted molar refractivity (Wildman–Crippen MR) is 142 cm³/mol. The molecule has 0 aliphatic heterocycles. The van der Waals surface area contributed by atoms with E-state index in [-0.39, 0.29) is 60.4 Å². The number of hydrogen-bond donors (Lipinski definition) is 5. The van der Waals surface area contributed by atoms with Crippen molar-refractivity contribution in [3.63, 3.8) is 0 Å². The van der Waals surface area contributed by atoms with Gasteiger partial charge in [0.2, 0.25) is 11.7 Å². The summed E-state index contributed by atoms with van der Waals surface area (Å²) in [6.07, 6.45) is 4.12. The normalized spacial score (nSPS) is 38.0. The predicted octanol–water partition coefficient (Wildman–Crippen LogP) is 1.61. The Bertz CT molecular complexity index is 1090. The van der Waals surface area contributed by atoms with E-state index >= 15 is 0 Å². The van der Waals surface area contributed by atoms with Gasteiger partial charge in [-0.2, -0.15) is 12.6 Å². The molecule has 3 saturated carbocycles. The molecule has 4 aliphatic rings. The number of fused-ring (bicyclic) bond motifs is 5. The van der Waals surface area contributed by atoms with Crippen molar-refractivity contribution in [2.75, 3.05) is 12.4 Å². The van der Waals surface area contributed by atoms with E-state index in [2.05, 4.69) is 24.9 Å². The highest BCUT2D eigenvalue weighted by Crippen LogP contribution is 2.67. The third kappa shape index (κ3) is 5.17. The number of allylic oxidation sites excluding steroid dienone is 1. The van der Waals surface area contributed by atoms with Gasteiger partial charge in [0.1, 0.15) is 11.6 Å². The van der Waals surface area contributed by atoms with E-state index in [0.29, 0.717) is 19.3 Å². The van der Waals surface area contributed by atoms with Crippen molar-refractivity contribution >= 4 is 42.0 Å². The Kier molecular flexibility index (Phi) is 8.36. The van der Waals surface area contributed by atoms with E-state index in [1.165, 1.54) is 0 Å². The van der Waals surface area contributed by atoms with Gasteiger partial charge in [0.25, 0.3) is 0 Å². The molecule has 0 heterocycles. The number of ketones is 2. The number of thiol groups is 1. The number of aliphatic hydroxyl groups excluding tert-OH is 1. The molecule has 4 N–H and O–H groups in total. The van der Waals surface area contributed by atoms with Crippen LogP contribution in [0.2, 0.25) is 0 Å². The first-order valence-corrected chi connectivity index (χ1v) is 14.4. The lowest BCUT2D eigenvalue weighted by atomic mass is 9.45. The monoisotopic (exact) mass is 565 g/mol. The van der Waals surface area contributed by atoms with Gasteiger partial charge in [-0.25, -0.2) is 4.79 Å². The molecule has 0 aromatic heterocycles. The average molecular weight is 566 g/mol. The lowest BCUT2D eigenvalue weighted by molar-refractivity contribution is -0.184. The lowest BCUT2D eigenvalue weighted by Gasteiger charge is -2.60. The van der Waals surface area contributed by atoms with Crippen LogP contribution >= 0.6 is 12.6 Å². The first kappa shape index (κ1) is 29.7. The number of aliphatic hydroxyl groups is 2.